The molecule has 0 rings (SSSR count). The summed E-state index contributed by atoms with van der Waals surface area (Å²) in [5.74, 6) is 0. The number of hydrogen-bond donors (Lipinski definition) is 2. The highest BCUT2D eigenvalue weighted by molar-refractivity contribution is 7.46. The van der Waals surface area contributed by atoms with Crippen LogP contribution in [0.3, 0.4) is 0 Å². The van der Waals surface area contributed by atoms with Crippen LogP contribution < -0.4 is 0 Å². The lowest BCUT2D eigenvalue weighted by Gasteiger charge is -1.98. The standard InChI is InChI=1S/C2H7O4P.3ClH/c1-2-6-7(3,4)5;;;/h2H2,1H3,(H2,3,4,5);3*1H. The van der Waals surface area contributed by atoms with E-state index in [9.17, 15) is 4.57 Å². The zero-order chi connectivity index (χ0) is 5.91. The van der Waals surface area contributed by atoms with Crippen molar-refractivity contribution >= 4 is 45.0 Å². The van der Waals surface area contributed by atoms with Crippen LogP contribution in [-0.2, 0) is 9.09 Å². The molecular formula is C2H10Cl3O4P. The van der Waals surface area contributed by atoms with Crippen molar-refractivity contribution in [3.8, 4) is 0 Å². The lowest BCUT2D eigenvalue weighted by atomic mass is 10.9. The molecule has 0 unspecified atom stereocenters. The molecule has 0 aliphatic rings. The molecule has 0 saturated carbocycles. The van der Waals surface area contributed by atoms with Crippen LogP contribution >= 0.6 is 45.0 Å². The van der Waals surface area contributed by atoms with Gasteiger partial charge >= 0.3 is 7.82 Å². The first-order valence-corrected chi connectivity index (χ1v) is 3.29. The summed E-state index contributed by atoms with van der Waals surface area (Å²) < 4.78 is 13.6. The molecule has 0 aliphatic carbocycles. The second-order valence-electron chi connectivity index (χ2n) is 0.908. The lowest BCUT2D eigenvalue weighted by Crippen LogP contribution is -1.84. The number of hydrogen-bond acceptors (Lipinski definition) is 2. The van der Waals surface area contributed by atoms with Gasteiger partial charge < -0.3 is 9.79 Å². The fourth-order valence-electron chi connectivity index (χ4n) is 0.168. The average Bonchev–Trinajstić information content (AvgIpc) is 1.30. The monoisotopic (exact) mass is 234 g/mol. The van der Waals surface area contributed by atoms with E-state index in [2.05, 4.69) is 4.52 Å². The second kappa shape index (κ2) is 9.98. The average molecular weight is 235 g/mol. The number of phosphoric ester groups is 1. The van der Waals surface area contributed by atoms with Crippen molar-refractivity contribution in [2.45, 2.75) is 6.92 Å². The molecule has 0 radical (unpaired) electrons. The van der Waals surface area contributed by atoms with E-state index in [0.29, 0.717) is 0 Å². The molecule has 10 heavy (non-hydrogen) atoms. The predicted molar refractivity (Wildman–Crippen MR) is 45.4 cm³/mol. The molecule has 0 atom stereocenters. The maximum Gasteiger partial charge on any atom is 0.469 e. The molecule has 8 heteroatoms. The van der Waals surface area contributed by atoms with E-state index in [-0.39, 0.29) is 43.8 Å². The third-order valence-electron chi connectivity index (χ3n) is 0.297. The third-order valence-corrected chi connectivity index (χ3v) is 0.892. The fraction of sp³-hybridized carbons (Fsp3) is 1.00. The molecule has 0 heterocycles. The summed E-state index contributed by atoms with van der Waals surface area (Å²) in [6.07, 6.45) is 0. The zero-order valence-corrected chi connectivity index (χ0v) is 8.43. The van der Waals surface area contributed by atoms with Crippen molar-refractivity contribution < 1.29 is 18.9 Å². The molecular weight excluding hydrogens is 225 g/mol. The first kappa shape index (κ1) is 22.4. The summed E-state index contributed by atoms with van der Waals surface area (Å²) in [6.45, 7) is 1.56. The highest BCUT2D eigenvalue weighted by Gasteiger charge is 2.10. The molecule has 0 bridgehead atoms. The van der Waals surface area contributed by atoms with E-state index < -0.39 is 7.82 Å². The molecule has 4 nitrogen and oxygen atoms in total. The highest BCUT2D eigenvalue weighted by Crippen LogP contribution is 2.34. The first-order valence-electron chi connectivity index (χ1n) is 1.76. The van der Waals surface area contributed by atoms with Crippen LogP contribution in [0, 0.1) is 0 Å². The quantitative estimate of drug-likeness (QED) is 0.710. The Morgan fingerprint density at radius 1 is 1.30 bits per heavy atom. The van der Waals surface area contributed by atoms with Crippen molar-refractivity contribution in [3.05, 3.63) is 0 Å². The van der Waals surface area contributed by atoms with Crippen molar-refractivity contribution in [1.29, 1.82) is 0 Å². The van der Waals surface area contributed by atoms with Crippen LogP contribution in [0.2, 0.25) is 0 Å². The van der Waals surface area contributed by atoms with E-state index in [4.69, 9.17) is 9.79 Å². The Morgan fingerprint density at radius 2 is 1.60 bits per heavy atom. The van der Waals surface area contributed by atoms with Gasteiger partial charge in [-0.25, -0.2) is 4.57 Å². The van der Waals surface area contributed by atoms with Gasteiger partial charge in [-0.3, -0.25) is 4.52 Å². The minimum atomic E-state index is -4.17. The first-order chi connectivity index (χ1) is 3.06. The van der Waals surface area contributed by atoms with Crippen molar-refractivity contribution in [2.75, 3.05) is 6.61 Å². The predicted octanol–water partition coefficient (Wildman–Crippen LogP) is 1.38. The lowest BCUT2D eigenvalue weighted by molar-refractivity contribution is 0.206. The Bertz CT molecular complexity index is 92.5. The molecule has 0 aromatic rings. The van der Waals surface area contributed by atoms with Gasteiger partial charge in [0.1, 0.15) is 0 Å². The largest absolute Gasteiger partial charge is 0.469 e. The van der Waals surface area contributed by atoms with Gasteiger partial charge in [0.25, 0.3) is 0 Å². The Hall–Kier alpha value is 0.980. The van der Waals surface area contributed by atoms with Gasteiger partial charge in [0.05, 0.1) is 6.61 Å². The SMILES string of the molecule is CCOP(=O)(O)O.Cl.Cl.Cl. The van der Waals surface area contributed by atoms with Crippen LogP contribution in [0.15, 0.2) is 0 Å². The smallest absolute Gasteiger partial charge is 0.303 e. The molecule has 0 spiro atoms. The molecule has 2 N–H and O–H groups in total. The molecule has 0 fully saturated rings. The number of rotatable bonds is 2. The summed E-state index contributed by atoms with van der Waals surface area (Å²) in [7, 11) is -4.17. The van der Waals surface area contributed by atoms with Gasteiger partial charge in [0.15, 0.2) is 0 Å². The van der Waals surface area contributed by atoms with E-state index in [1.807, 2.05) is 0 Å². The van der Waals surface area contributed by atoms with E-state index in [0.717, 1.165) is 0 Å². The van der Waals surface area contributed by atoms with Crippen LogP contribution in [0.1, 0.15) is 6.92 Å². The molecule has 0 saturated heterocycles. The van der Waals surface area contributed by atoms with Crippen molar-refractivity contribution in [3.63, 3.8) is 0 Å². The van der Waals surface area contributed by atoms with Gasteiger partial charge in [-0.1, -0.05) is 0 Å². The Kier molecular flexibility index (Phi) is 22.4. The second-order valence-corrected chi connectivity index (χ2v) is 2.15. The molecule has 0 aromatic heterocycles. The highest BCUT2D eigenvalue weighted by atomic mass is 35.5. The Balaban J connectivity index is -0.0000000600. The van der Waals surface area contributed by atoms with Crippen LogP contribution in [0.25, 0.3) is 0 Å². The van der Waals surface area contributed by atoms with E-state index in [1.54, 1.807) is 0 Å². The van der Waals surface area contributed by atoms with E-state index in [1.165, 1.54) is 6.92 Å². The number of phosphoric acid groups is 1. The summed E-state index contributed by atoms with van der Waals surface area (Å²) in [5, 5.41) is 0. The third kappa shape index (κ3) is 23.1. The van der Waals surface area contributed by atoms with Gasteiger partial charge in [-0.15, -0.1) is 37.2 Å². The normalized spacial score (nSPS) is 8.30. The minimum absolute atomic E-state index is 0. The summed E-state index contributed by atoms with van der Waals surface area (Å²) >= 11 is 0. The van der Waals surface area contributed by atoms with Gasteiger partial charge in [-0.05, 0) is 6.92 Å². The molecule has 68 valence electrons. The zero-order valence-electron chi connectivity index (χ0n) is 5.09. The van der Waals surface area contributed by atoms with Crippen molar-refractivity contribution in [1.82, 2.24) is 0 Å². The minimum Gasteiger partial charge on any atom is -0.303 e. The van der Waals surface area contributed by atoms with Gasteiger partial charge in [0.2, 0.25) is 0 Å². The van der Waals surface area contributed by atoms with E-state index >= 15 is 0 Å². The number of halogens is 3. The maximum absolute atomic E-state index is 9.70. The molecule has 0 amide bonds. The van der Waals surface area contributed by atoms with Crippen LogP contribution in [0.5, 0.6) is 0 Å². The summed E-state index contributed by atoms with van der Waals surface area (Å²) in [6, 6.07) is 0. The summed E-state index contributed by atoms with van der Waals surface area (Å²) in [4.78, 5) is 15.8. The molecule has 0 aromatic carbocycles. The topological polar surface area (TPSA) is 66.8 Å². The van der Waals surface area contributed by atoms with Crippen molar-refractivity contribution in [2.24, 2.45) is 0 Å². The van der Waals surface area contributed by atoms with Crippen LogP contribution in [-0.4, -0.2) is 16.4 Å². The summed E-state index contributed by atoms with van der Waals surface area (Å²) in [5.41, 5.74) is 0. The van der Waals surface area contributed by atoms with Gasteiger partial charge in [0, 0.05) is 0 Å². The fourth-order valence-corrected chi connectivity index (χ4v) is 0.505. The maximum atomic E-state index is 9.70. The van der Waals surface area contributed by atoms with Crippen LogP contribution in [0.4, 0.5) is 0 Å². The Labute approximate surface area is 77.8 Å². The Morgan fingerprint density at radius 3 is 1.60 bits per heavy atom. The van der Waals surface area contributed by atoms with Gasteiger partial charge in [-0.2, -0.15) is 0 Å². The molecule has 0 aliphatic heterocycles.